The number of para-hydroxylation sites is 2. The van der Waals surface area contributed by atoms with Crippen LogP contribution in [0.3, 0.4) is 0 Å². The predicted molar refractivity (Wildman–Crippen MR) is 149 cm³/mol. The van der Waals surface area contributed by atoms with Gasteiger partial charge in [-0.05, 0) is 74.5 Å². The summed E-state index contributed by atoms with van der Waals surface area (Å²) in [6.07, 6.45) is 1.40. The highest BCUT2D eigenvalue weighted by molar-refractivity contribution is 5.73. The summed E-state index contributed by atoms with van der Waals surface area (Å²) < 4.78 is 0. The first kappa shape index (κ1) is 25.6. The Balaban J connectivity index is 0.000000360. The van der Waals surface area contributed by atoms with Gasteiger partial charge in [0, 0.05) is 64.6 Å². The average molecular weight is 449 g/mol. The Bertz CT molecular complexity index is 956. The largest absolute Gasteiger partial charge is 0.388 e. The molecule has 0 radical (unpaired) electrons. The summed E-state index contributed by atoms with van der Waals surface area (Å²) in [5.74, 6) is 0. The van der Waals surface area contributed by atoms with E-state index in [9.17, 15) is 0 Å². The van der Waals surface area contributed by atoms with Crippen LogP contribution in [0.4, 0.5) is 34.1 Å². The Morgan fingerprint density at radius 3 is 1.85 bits per heavy atom. The summed E-state index contributed by atoms with van der Waals surface area (Å²) in [6, 6.07) is 24.9. The standard InChI is InChI=1S/C17H23N3.C10H15N3.H2/c1-4-20(5-2)17-12-10-16(11-13-17)19-15-8-6-14(18-3)7-9-15;1-12-9-5-3-4-6-10(9)13(2)8-7-11;/h6-13,18-19H,4-5H2,1-3H3;3-7,11-12H,8H2,1-2H3;1H. The van der Waals surface area contributed by atoms with E-state index < -0.39 is 0 Å². The zero-order chi connectivity index (χ0) is 24.1. The summed E-state index contributed by atoms with van der Waals surface area (Å²) in [5.41, 5.74) is 6.80. The molecular formula is C27H40N6. The van der Waals surface area contributed by atoms with Gasteiger partial charge in [0.15, 0.2) is 0 Å². The zero-order valence-corrected chi connectivity index (χ0v) is 20.5. The van der Waals surface area contributed by atoms with Crippen LogP contribution in [0.2, 0.25) is 0 Å². The SMILES string of the molecule is CCN(CC)c1ccc(Nc2ccc(NC)cc2)cc1.CNc1ccccc1N(C)CC=N.[HH]. The smallest absolute Gasteiger partial charge is 0.0602 e. The van der Waals surface area contributed by atoms with Crippen LogP contribution in [0.15, 0.2) is 72.8 Å². The maximum atomic E-state index is 7.02. The number of nitrogens with one attached hydrogen (secondary N) is 4. The molecule has 33 heavy (non-hydrogen) atoms. The van der Waals surface area contributed by atoms with Crippen LogP contribution in [0.5, 0.6) is 0 Å². The van der Waals surface area contributed by atoms with Crippen LogP contribution in [-0.2, 0) is 0 Å². The van der Waals surface area contributed by atoms with Gasteiger partial charge in [-0.1, -0.05) is 12.1 Å². The third kappa shape index (κ3) is 7.75. The van der Waals surface area contributed by atoms with Gasteiger partial charge in [0.05, 0.1) is 17.9 Å². The first-order chi connectivity index (χ1) is 16.1. The van der Waals surface area contributed by atoms with Crippen LogP contribution in [0.25, 0.3) is 0 Å². The molecule has 3 aromatic carbocycles. The van der Waals surface area contributed by atoms with Crippen molar-refractivity contribution in [3.05, 3.63) is 72.8 Å². The maximum Gasteiger partial charge on any atom is 0.0602 e. The summed E-state index contributed by atoms with van der Waals surface area (Å²) in [7, 11) is 5.80. The second-order valence-electron chi connectivity index (χ2n) is 7.52. The van der Waals surface area contributed by atoms with Crippen molar-refractivity contribution < 1.29 is 1.43 Å². The predicted octanol–water partition coefficient (Wildman–Crippen LogP) is 6.38. The topological polar surface area (TPSA) is 66.4 Å². The van der Waals surface area contributed by atoms with E-state index in [2.05, 4.69) is 83.2 Å². The molecule has 0 saturated carbocycles. The van der Waals surface area contributed by atoms with Gasteiger partial charge in [0.25, 0.3) is 0 Å². The van der Waals surface area contributed by atoms with E-state index in [1.807, 2.05) is 50.3 Å². The lowest BCUT2D eigenvalue weighted by Crippen LogP contribution is -2.21. The maximum absolute atomic E-state index is 7.02. The fourth-order valence-corrected chi connectivity index (χ4v) is 3.48. The quantitative estimate of drug-likeness (QED) is 0.271. The van der Waals surface area contributed by atoms with Crippen molar-refractivity contribution in [2.45, 2.75) is 13.8 Å². The molecule has 0 aliphatic carbocycles. The van der Waals surface area contributed by atoms with Gasteiger partial charge in [-0.3, -0.25) is 0 Å². The van der Waals surface area contributed by atoms with Gasteiger partial charge < -0.3 is 31.2 Å². The minimum atomic E-state index is 0. The Labute approximate surface area is 200 Å². The Morgan fingerprint density at radius 1 is 0.788 bits per heavy atom. The second-order valence-corrected chi connectivity index (χ2v) is 7.52. The molecule has 0 saturated heterocycles. The number of nitrogens with zero attached hydrogens (tertiary/aromatic N) is 2. The van der Waals surface area contributed by atoms with Crippen molar-refractivity contribution in [2.24, 2.45) is 0 Å². The van der Waals surface area contributed by atoms with Crippen molar-refractivity contribution in [1.29, 1.82) is 5.41 Å². The molecule has 6 nitrogen and oxygen atoms in total. The molecule has 0 aromatic heterocycles. The fraction of sp³-hybridized carbons (Fsp3) is 0.296. The van der Waals surface area contributed by atoms with Crippen molar-refractivity contribution >= 4 is 40.3 Å². The molecule has 0 atom stereocenters. The molecule has 0 bridgehead atoms. The molecule has 0 aliphatic rings. The Kier molecular flexibility index (Phi) is 10.6. The minimum absolute atomic E-state index is 0. The fourth-order valence-electron chi connectivity index (χ4n) is 3.48. The van der Waals surface area contributed by atoms with E-state index in [0.29, 0.717) is 6.54 Å². The third-order valence-electron chi connectivity index (χ3n) is 5.41. The Morgan fingerprint density at radius 2 is 1.33 bits per heavy atom. The minimum Gasteiger partial charge on any atom is -0.388 e. The highest BCUT2D eigenvalue weighted by Crippen LogP contribution is 2.23. The molecular weight excluding hydrogens is 408 g/mol. The summed E-state index contributed by atoms with van der Waals surface area (Å²) in [4.78, 5) is 4.37. The number of rotatable bonds is 10. The summed E-state index contributed by atoms with van der Waals surface area (Å²) in [5, 5.41) is 16.7. The van der Waals surface area contributed by atoms with Crippen LogP contribution in [0.1, 0.15) is 15.3 Å². The van der Waals surface area contributed by atoms with Gasteiger partial charge >= 0.3 is 0 Å². The highest BCUT2D eigenvalue weighted by Gasteiger charge is 2.03. The summed E-state index contributed by atoms with van der Waals surface area (Å²) in [6.45, 7) is 7.07. The number of hydrogen-bond donors (Lipinski definition) is 4. The van der Waals surface area contributed by atoms with E-state index in [4.69, 9.17) is 5.41 Å². The molecule has 3 aromatic rings. The lowest BCUT2D eigenvalue weighted by molar-refractivity contribution is 0.866. The first-order valence-corrected chi connectivity index (χ1v) is 11.4. The number of benzene rings is 3. The van der Waals surface area contributed by atoms with E-state index in [1.54, 1.807) is 0 Å². The number of hydrogen-bond acceptors (Lipinski definition) is 6. The van der Waals surface area contributed by atoms with E-state index in [-0.39, 0.29) is 1.43 Å². The zero-order valence-electron chi connectivity index (χ0n) is 20.5. The van der Waals surface area contributed by atoms with Gasteiger partial charge in [0.2, 0.25) is 0 Å². The highest BCUT2D eigenvalue weighted by atomic mass is 15.1. The van der Waals surface area contributed by atoms with Crippen molar-refractivity contribution in [3.8, 4) is 0 Å². The lowest BCUT2D eigenvalue weighted by Gasteiger charge is -2.21. The molecule has 3 rings (SSSR count). The third-order valence-corrected chi connectivity index (χ3v) is 5.41. The van der Waals surface area contributed by atoms with Crippen LogP contribution in [-0.4, -0.2) is 47.0 Å². The molecule has 0 amide bonds. The van der Waals surface area contributed by atoms with Crippen molar-refractivity contribution in [2.75, 3.05) is 66.5 Å². The number of anilines is 6. The average Bonchev–Trinajstić information content (AvgIpc) is 2.87. The summed E-state index contributed by atoms with van der Waals surface area (Å²) >= 11 is 0. The van der Waals surface area contributed by atoms with E-state index in [1.165, 1.54) is 11.9 Å². The van der Waals surface area contributed by atoms with Crippen molar-refractivity contribution in [3.63, 3.8) is 0 Å². The van der Waals surface area contributed by atoms with Gasteiger partial charge in [-0.2, -0.15) is 0 Å². The molecule has 4 N–H and O–H groups in total. The van der Waals surface area contributed by atoms with E-state index in [0.717, 1.165) is 41.5 Å². The normalized spacial score (nSPS) is 9.85. The molecule has 6 heteroatoms. The molecule has 0 unspecified atom stereocenters. The lowest BCUT2D eigenvalue weighted by atomic mass is 10.2. The van der Waals surface area contributed by atoms with Gasteiger partial charge in [-0.25, -0.2) is 0 Å². The first-order valence-electron chi connectivity index (χ1n) is 11.4. The van der Waals surface area contributed by atoms with Gasteiger partial charge in [-0.15, -0.1) is 0 Å². The monoisotopic (exact) mass is 448 g/mol. The van der Waals surface area contributed by atoms with Crippen LogP contribution < -0.4 is 25.8 Å². The Hall–Kier alpha value is -3.67. The van der Waals surface area contributed by atoms with Crippen LogP contribution >= 0.6 is 0 Å². The molecule has 0 spiro atoms. The second kappa shape index (κ2) is 13.7. The molecule has 0 aliphatic heterocycles. The van der Waals surface area contributed by atoms with E-state index >= 15 is 0 Å². The molecule has 0 fully saturated rings. The van der Waals surface area contributed by atoms with Crippen LogP contribution in [0, 0.1) is 5.41 Å². The van der Waals surface area contributed by atoms with Gasteiger partial charge in [0.1, 0.15) is 0 Å². The molecule has 0 heterocycles. The van der Waals surface area contributed by atoms with Crippen molar-refractivity contribution in [1.82, 2.24) is 0 Å². The molecule has 178 valence electrons.